The second kappa shape index (κ2) is 6.65. The highest BCUT2D eigenvalue weighted by atomic mass is 16.4. The van der Waals surface area contributed by atoms with Crippen LogP contribution in [0.3, 0.4) is 0 Å². The summed E-state index contributed by atoms with van der Waals surface area (Å²) in [5.74, 6) is -0.442. The summed E-state index contributed by atoms with van der Waals surface area (Å²) in [6.45, 7) is 8.27. The van der Waals surface area contributed by atoms with Crippen LogP contribution in [0.25, 0.3) is 0 Å². The molecule has 0 aliphatic heterocycles. The molecular formula is C19H23NO2. The van der Waals surface area contributed by atoms with E-state index in [-0.39, 0.29) is 0 Å². The van der Waals surface area contributed by atoms with E-state index in [2.05, 4.69) is 19.2 Å². The Labute approximate surface area is 132 Å². The van der Waals surface area contributed by atoms with Crippen LogP contribution in [0.2, 0.25) is 0 Å². The number of nitrogens with one attached hydrogen (secondary N) is 1. The van der Waals surface area contributed by atoms with Gasteiger partial charge in [0.15, 0.2) is 6.04 Å². The lowest BCUT2D eigenvalue weighted by Crippen LogP contribution is -2.21. The highest BCUT2D eigenvalue weighted by Gasteiger charge is 2.20. The number of aryl methyl sites for hydroxylation is 1. The first-order chi connectivity index (χ1) is 10.4. The Kier molecular flexibility index (Phi) is 4.86. The Morgan fingerprint density at radius 3 is 2.14 bits per heavy atom. The minimum absolute atomic E-state index is 0.435. The van der Waals surface area contributed by atoms with E-state index in [9.17, 15) is 9.90 Å². The summed E-state index contributed by atoms with van der Waals surface area (Å²) in [4.78, 5) is 11.7. The molecule has 0 aliphatic carbocycles. The second-order valence-corrected chi connectivity index (χ2v) is 5.98. The number of rotatable bonds is 5. The van der Waals surface area contributed by atoms with Gasteiger partial charge in [0.25, 0.3) is 0 Å². The summed E-state index contributed by atoms with van der Waals surface area (Å²) in [6.07, 6.45) is 0. The lowest BCUT2D eigenvalue weighted by atomic mass is 9.98. The van der Waals surface area contributed by atoms with Crippen LogP contribution in [0, 0.1) is 13.8 Å². The standard InChI is InChI=1S/C19H23NO2/c1-12(2)15-8-10-16(11-9-15)18(19(21)22)20-17-7-5-6-13(3)14(17)4/h5-12,18,20H,1-4H3,(H,21,22)/t18-/m0/s1. The second-order valence-electron chi connectivity index (χ2n) is 5.98. The van der Waals surface area contributed by atoms with E-state index in [0.717, 1.165) is 22.4 Å². The van der Waals surface area contributed by atoms with E-state index in [0.29, 0.717) is 5.92 Å². The van der Waals surface area contributed by atoms with Crippen molar-refractivity contribution < 1.29 is 9.90 Å². The van der Waals surface area contributed by atoms with Gasteiger partial charge in [-0.3, -0.25) is 0 Å². The van der Waals surface area contributed by atoms with Gasteiger partial charge in [-0.2, -0.15) is 0 Å². The van der Waals surface area contributed by atoms with E-state index in [1.54, 1.807) is 0 Å². The summed E-state index contributed by atoms with van der Waals surface area (Å²) >= 11 is 0. The first-order valence-corrected chi connectivity index (χ1v) is 7.55. The van der Waals surface area contributed by atoms with Crippen molar-refractivity contribution in [1.82, 2.24) is 0 Å². The number of aliphatic carboxylic acids is 1. The van der Waals surface area contributed by atoms with Crippen LogP contribution in [0.15, 0.2) is 42.5 Å². The Bertz CT molecular complexity index is 660. The predicted molar refractivity (Wildman–Crippen MR) is 90.4 cm³/mol. The van der Waals surface area contributed by atoms with Gasteiger partial charge in [0.05, 0.1) is 0 Å². The number of carboxylic acid groups (broad SMARTS) is 1. The molecule has 0 saturated carbocycles. The molecule has 2 N–H and O–H groups in total. The van der Waals surface area contributed by atoms with Gasteiger partial charge in [0, 0.05) is 5.69 Å². The van der Waals surface area contributed by atoms with Crippen molar-refractivity contribution in [2.45, 2.75) is 39.7 Å². The van der Waals surface area contributed by atoms with Crippen LogP contribution in [0.5, 0.6) is 0 Å². The van der Waals surface area contributed by atoms with Crippen molar-refractivity contribution in [1.29, 1.82) is 0 Å². The summed E-state index contributed by atoms with van der Waals surface area (Å²) < 4.78 is 0. The predicted octanol–water partition coefficient (Wildman–Crippen LogP) is 4.66. The molecule has 0 saturated heterocycles. The summed E-state index contributed by atoms with van der Waals surface area (Å²) in [5.41, 5.74) is 5.05. The molecule has 2 aromatic rings. The smallest absolute Gasteiger partial charge is 0.330 e. The highest BCUT2D eigenvalue weighted by molar-refractivity contribution is 5.79. The molecule has 22 heavy (non-hydrogen) atoms. The number of benzene rings is 2. The monoisotopic (exact) mass is 297 g/mol. The number of carboxylic acids is 1. The summed E-state index contributed by atoms with van der Waals surface area (Å²) in [7, 11) is 0. The molecular weight excluding hydrogens is 274 g/mol. The molecule has 0 aliphatic rings. The van der Waals surface area contributed by atoms with E-state index in [1.165, 1.54) is 5.56 Å². The number of carbonyl (C=O) groups is 1. The maximum atomic E-state index is 11.7. The van der Waals surface area contributed by atoms with Crippen LogP contribution in [0.4, 0.5) is 5.69 Å². The molecule has 0 amide bonds. The van der Waals surface area contributed by atoms with Crippen molar-refractivity contribution in [2.24, 2.45) is 0 Å². The van der Waals surface area contributed by atoms with Gasteiger partial charge < -0.3 is 10.4 Å². The van der Waals surface area contributed by atoms with Gasteiger partial charge in [0.2, 0.25) is 0 Å². The van der Waals surface area contributed by atoms with Crippen molar-refractivity contribution in [3.63, 3.8) is 0 Å². The largest absolute Gasteiger partial charge is 0.479 e. The topological polar surface area (TPSA) is 49.3 Å². The van der Waals surface area contributed by atoms with E-state index >= 15 is 0 Å². The maximum Gasteiger partial charge on any atom is 0.330 e. The third-order valence-electron chi connectivity index (χ3n) is 4.09. The zero-order valence-corrected chi connectivity index (χ0v) is 13.6. The fraction of sp³-hybridized carbons (Fsp3) is 0.316. The van der Waals surface area contributed by atoms with Crippen molar-refractivity contribution >= 4 is 11.7 Å². The first kappa shape index (κ1) is 16.1. The molecule has 3 nitrogen and oxygen atoms in total. The molecule has 0 spiro atoms. The number of hydrogen-bond donors (Lipinski definition) is 2. The van der Waals surface area contributed by atoms with Gasteiger partial charge in [-0.05, 0) is 48.1 Å². The van der Waals surface area contributed by atoms with Gasteiger partial charge in [-0.25, -0.2) is 4.79 Å². The van der Waals surface area contributed by atoms with Crippen LogP contribution >= 0.6 is 0 Å². The Morgan fingerprint density at radius 1 is 1.00 bits per heavy atom. The molecule has 2 aromatic carbocycles. The van der Waals surface area contributed by atoms with Crippen LogP contribution in [0.1, 0.15) is 48.1 Å². The van der Waals surface area contributed by atoms with Crippen molar-refractivity contribution in [2.75, 3.05) is 5.32 Å². The molecule has 0 bridgehead atoms. The molecule has 3 heteroatoms. The third-order valence-corrected chi connectivity index (χ3v) is 4.09. The van der Waals surface area contributed by atoms with E-state index < -0.39 is 12.0 Å². The zero-order valence-electron chi connectivity index (χ0n) is 13.6. The molecule has 0 heterocycles. The molecule has 2 rings (SSSR count). The lowest BCUT2D eigenvalue weighted by molar-refractivity contribution is -0.138. The van der Waals surface area contributed by atoms with Gasteiger partial charge >= 0.3 is 5.97 Å². The van der Waals surface area contributed by atoms with E-state index in [4.69, 9.17) is 0 Å². The van der Waals surface area contributed by atoms with Gasteiger partial charge in [-0.15, -0.1) is 0 Å². The highest BCUT2D eigenvalue weighted by Crippen LogP contribution is 2.25. The molecule has 0 unspecified atom stereocenters. The fourth-order valence-electron chi connectivity index (χ4n) is 2.42. The van der Waals surface area contributed by atoms with Crippen molar-refractivity contribution in [3.05, 3.63) is 64.7 Å². The fourth-order valence-corrected chi connectivity index (χ4v) is 2.42. The Hall–Kier alpha value is -2.29. The average Bonchev–Trinajstić information content (AvgIpc) is 2.48. The average molecular weight is 297 g/mol. The number of anilines is 1. The normalized spacial score (nSPS) is 12.2. The van der Waals surface area contributed by atoms with Gasteiger partial charge in [0.1, 0.15) is 0 Å². The summed E-state index contributed by atoms with van der Waals surface area (Å²) in [6, 6.07) is 12.9. The van der Waals surface area contributed by atoms with Gasteiger partial charge in [-0.1, -0.05) is 50.2 Å². The maximum absolute atomic E-state index is 11.7. The zero-order chi connectivity index (χ0) is 16.3. The minimum Gasteiger partial charge on any atom is -0.479 e. The van der Waals surface area contributed by atoms with Crippen molar-refractivity contribution in [3.8, 4) is 0 Å². The van der Waals surface area contributed by atoms with Crippen LogP contribution in [-0.4, -0.2) is 11.1 Å². The molecule has 1 atom stereocenters. The third kappa shape index (κ3) is 3.48. The molecule has 0 aromatic heterocycles. The first-order valence-electron chi connectivity index (χ1n) is 7.55. The van der Waals surface area contributed by atoms with Crippen LogP contribution in [-0.2, 0) is 4.79 Å². The summed E-state index contributed by atoms with van der Waals surface area (Å²) in [5, 5.41) is 12.7. The lowest BCUT2D eigenvalue weighted by Gasteiger charge is -2.19. The molecule has 116 valence electrons. The SMILES string of the molecule is Cc1cccc(N[C@H](C(=O)O)c2ccc(C(C)C)cc2)c1C. The minimum atomic E-state index is -0.877. The van der Waals surface area contributed by atoms with E-state index in [1.807, 2.05) is 56.3 Å². The number of hydrogen-bond acceptors (Lipinski definition) is 2. The Morgan fingerprint density at radius 2 is 1.59 bits per heavy atom. The molecule has 0 fully saturated rings. The quantitative estimate of drug-likeness (QED) is 0.843. The Balaban J connectivity index is 2.30. The van der Waals surface area contributed by atoms with Crippen LogP contribution < -0.4 is 5.32 Å². The molecule has 0 radical (unpaired) electrons.